The number of furan rings is 1. The van der Waals surface area contributed by atoms with E-state index in [9.17, 15) is 4.39 Å². The van der Waals surface area contributed by atoms with Crippen molar-refractivity contribution in [1.82, 2.24) is 14.9 Å². The van der Waals surface area contributed by atoms with Crippen molar-refractivity contribution in [2.24, 2.45) is 0 Å². The summed E-state index contributed by atoms with van der Waals surface area (Å²) in [6.07, 6.45) is 1.53. The average molecular weight is 448 g/mol. The first kappa shape index (κ1) is 21.2. The lowest BCUT2D eigenvalue weighted by atomic mass is 9.98. The predicted octanol–water partition coefficient (Wildman–Crippen LogP) is 4.46. The molecule has 0 radical (unpaired) electrons. The molecule has 0 bridgehead atoms. The van der Waals surface area contributed by atoms with Gasteiger partial charge in [0.2, 0.25) is 5.71 Å². The van der Waals surface area contributed by atoms with E-state index >= 15 is 0 Å². The molecule has 170 valence electrons. The number of likely N-dealkylation sites (N-methyl/N-ethyl adjacent to an activating group) is 1. The Kier molecular flexibility index (Phi) is 5.60. The number of ether oxygens (including phenoxy) is 2. The van der Waals surface area contributed by atoms with E-state index in [-0.39, 0.29) is 5.82 Å². The zero-order valence-electron chi connectivity index (χ0n) is 18.8. The number of aromatic nitrogens is 2. The summed E-state index contributed by atoms with van der Waals surface area (Å²) in [5.74, 6) is 2.40. The molecule has 7 nitrogen and oxygen atoms in total. The molecule has 2 aromatic carbocycles. The molecule has 2 aromatic heterocycles. The van der Waals surface area contributed by atoms with Crippen molar-refractivity contribution in [3.05, 3.63) is 54.6 Å². The van der Waals surface area contributed by atoms with Crippen molar-refractivity contribution in [3.63, 3.8) is 0 Å². The Morgan fingerprint density at radius 2 is 1.55 bits per heavy atom. The number of anilines is 1. The van der Waals surface area contributed by atoms with E-state index in [2.05, 4.69) is 26.8 Å². The minimum Gasteiger partial charge on any atom is -0.497 e. The molecule has 1 saturated heterocycles. The van der Waals surface area contributed by atoms with Crippen LogP contribution in [0.5, 0.6) is 11.5 Å². The van der Waals surface area contributed by atoms with Gasteiger partial charge in [-0.3, -0.25) is 0 Å². The fourth-order valence-electron chi connectivity index (χ4n) is 4.21. The molecule has 8 heteroatoms. The topological polar surface area (TPSA) is 63.9 Å². The molecule has 5 rings (SSSR count). The smallest absolute Gasteiger partial charge is 0.232 e. The SMILES string of the molecule is COc1cc(OC)cc(-c2oc3ncnc(N4CCN(C)CC4)c3c2-c2ccc(F)cc2)c1. The monoisotopic (exact) mass is 448 g/mol. The van der Waals surface area contributed by atoms with Gasteiger partial charge < -0.3 is 23.7 Å². The quantitative estimate of drug-likeness (QED) is 0.447. The summed E-state index contributed by atoms with van der Waals surface area (Å²) in [5.41, 5.74) is 2.88. The van der Waals surface area contributed by atoms with E-state index in [1.165, 1.54) is 18.5 Å². The van der Waals surface area contributed by atoms with Gasteiger partial charge in [-0.15, -0.1) is 0 Å². The molecule has 3 heterocycles. The van der Waals surface area contributed by atoms with Crippen LogP contribution in [0.1, 0.15) is 0 Å². The Morgan fingerprint density at radius 1 is 0.879 bits per heavy atom. The number of hydrogen-bond donors (Lipinski definition) is 0. The summed E-state index contributed by atoms with van der Waals surface area (Å²) in [7, 11) is 5.33. The minimum atomic E-state index is -0.299. The summed E-state index contributed by atoms with van der Waals surface area (Å²) < 4.78 is 31.0. The number of methoxy groups -OCH3 is 2. The summed E-state index contributed by atoms with van der Waals surface area (Å²) in [6, 6.07) is 12.0. The third-order valence-electron chi connectivity index (χ3n) is 6.02. The molecule has 0 N–H and O–H groups in total. The Bertz CT molecular complexity index is 1260. The van der Waals surface area contributed by atoms with Crippen LogP contribution >= 0.6 is 0 Å². The number of hydrogen-bond acceptors (Lipinski definition) is 7. The fourth-order valence-corrected chi connectivity index (χ4v) is 4.21. The highest BCUT2D eigenvalue weighted by molar-refractivity contribution is 6.06. The number of fused-ring (bicyclic) bond motifs is 1. The maximum atomic E-state index is 13.8. The van der Waals surface area contributed by atoms with Crippen LogP contribution in [0.25, 0.3) is 33.6 Å². The maximum absolute atomic E-state index is 13.8. The standard InChI is InChI=1S/C25H25FN4O3/c1-29-8-10-30(11-9-29)24-22-21(16-4-6-18(26)7-5-16)23(33-25(22)28-15-27-24)17-12-19(31-2)14-20(13-17)32-3/h4-7,12-15H,8-11H2,1-3H3. The highest BCUT2D eigenvalue weighted by atomic mass is 19.1. The van der Waals surface area contributed by atoms with Crippen molar-refractivity contribution in [2.75, 3.05) is 52.3 Å². The van der Waals surface area contributed by atoms with E-state index < -0.39 is 0 Å². The summed E-state index contributed by atoms with van der Waals surface area (Å²) in [4.78, 5) is 13.6. The molecule has 0 aliphatic carbocycles. The molecule has 0 saturated carbocycles. The van der Waals surface area contributed by atoms with Crippen LogP contribution < -0.4 is 14.4 Å². The molecule has 33 heavy (non-hydrogen) atoms. The van der Waals surface area contributed by atoms with Gasteiger partial charge in [0.25, 0.3) is 0 Å². The van der Waals surface area contributed by atoms with Gasteiger partial charge in [-0.25, -0.2) is 14.4 Å². The fraction of sp³-hybridized carbons (Fsp3) is 0.280. The first-order valence-corrected chi connectivity index (χ1v) is 10.8. The van der Waals surface area contributed by atoms with Crippen LogP contribution in [-0.4, -0.2) is 62.3 Å². The second-order valence-electron chi connectivity index (χ2n) is 8.08. The van der Waals surface area contributed by atoms with Gasteiger partial charge in [0.15, 0.2) is 0 Å². The highest BCUT2D eigenvalue weighted by Gasteiger charge is 2.26. The Balaban J connectivity index is 1.77. The lowest BCUT2D eigenvalue weighted by Gasteiger charge is -2.33. The number of rotatable bonds is 5. The lowest BCUT2D eigenvalue weighted by Crippen LogP contribution is -2.44. The van der Waals surface area contributed by atoms with Crippen LogP contribution in [0.4, 0.5) is 10.2 Å². The van der Waals surface area contributed by atoms with Crippen LogP contribution in [0.3, 0.4) is 0 Å². The number of benzene rings is 2. The molecular weight excluding hydrogens is 423 g/mol. The van der Waals surface area contributed by atoms with E-state index in [1.54, 1.807) is 32.4 Å². The van der Waals surface area contributed by atoms with Crippen molar-refractivity contribution >= 4 is 16.9 Å². The van der Waals surface area contributed by atoms with E-state index in [0.717, 1.165) is 54.1 Å². The minimum absolute atomic E-state index is 0.299. The summed E-state index contributed by atoms with van der Waals surface area (Å²) >= 11 is 0. The first-order chi connectivity index (χ1) is 16.1. The van der Waals surface area contributed by atoms with Crippen molar-refractivity contribution in [1.29, 1.82) is 0 Å². The van der Waals surface area contributed by atoms with Crippen LogP contribution in [0.15, 0.2) is 53.2 Å². The average Bonchev–Trinajstić information content (AvgIpc) is 3.24. The molecular formula is C25H25FN4O3. The first-order valence-electron chi connectivity index (χ1n) is 10.8. The zero-order chi connectivity index (χ0) is 22.9. The van der Waals surface area contributed by atoms with E-state index in [4.69, 9.17) is 13.9 Å². The molecule has 4 aromatic rings. The van der Waals surface area contributed by atoms with Gasteiger partial charge in [-0.2, -0.15) is 0 Å². The summed E-state index contributed by atoms with van der Waals surface area (Å²) in [6.45, 7) is 3.57. The van der Waals surface area contributed by atoms with Gasteiger partial charge >= 0.3 is 0 Å². The van der Waals surface area contributed by atoms with Gasteiger partial charge in [-0.05, 0) is 36.9 Å². The van der Waals surface area contributed by atoms with Crippen molar-refractivity contribution < 1.29 is 18.3 Å². The Labute approximate surface area is 191 Å². The highest BCUT2D eigenvalue weighted by Crippen LogP contribution is 2.45. The number of nitrogens with zero attached hydrogens (tertiary/aromatic N) is 4. The van der Waals surface area contributed by atoms with Gasteiger partial charge in [0.05, 0.1) is 19.6 Å². The third kappa shape index (κ3) is 3.98. The largest absolute Gasteiger partial charge is 0.497 e. The molecule has 0 spiro atoms. The van der Waals surface area contributed by atoms with Crippen LogP contribution in [0.2, 0.25) is 0 Å². The predicted molar refractivity (Wildman–Crippen MR) is 125 cm³/mol. The molecule has 0 unspecified atom stereocenters. The van der Waals surface area contributed by atoms with Crippen molar-refractivity contribution in [3.8, 4) is 33.9 Å². The number of piperazine rings is 1. The maximum Gasteiger partial charge on any atom is 0.232 e. The second kappa shape index (κ2) is 8.71. The summed E-state index contributed by atoms with van der Waals surface area (Å²) in [5, 5.41) is 0.811. The van der Waals surface area contributed by atoms with Gasteiger partial charge in [0, 0.05) is 43.4 Å². The molecule has 0 atom stereocenters. The van der Waals surface area contributed by atoms with Crippen molar-refractivity contribution in [2.45, 2.75) is 0 Å². The zero-order valence-corrected chi connectivity index (χ0v) is 18.8. The number of halogens is 1. The third-order valence-corrected chi connectivity index (χ3v) is 6.02. The van der Waals surface area contributed by atoms with E-state index in [1.807, 2.05) is 12.1 Å². The molecule has 0 amide bonds. The molecule has 1 aliphatic heterocycles. The molecule has 1 fully saturated rings. The van der Waals surface area contributed by atoms with E-state index in [0.29, 0.717) is 23.0 Å². The Morgan fingerprint density at radius 3 is 2.18 bits per heavy atom. The van der Waals surface area contributed by atoms with Crippen LogP contribution in [-0.2, 0) is 0 Å². The second-order valence-corrected chi connectivity index (χ2v) is 8.08. The van der Waals surface area contributed by atoms with Crippen LogP contribution in [0, 0.1) is 5.82 Å². The van der Waals surface area contributed by atoms with Gasteiger partial charge in [-0.1, -0.05) is 12.1 Å². The Hall–Kier alpha value is -3.65. The normalized spacial score (nSPS) is 14.6. The molecule has 1 aliphatic rings. The van der Waals surface area contributed by atoms with Gasteiger partial charge in [0.1, 0.15) is 35.2 Å². The lowest BCUT2D eigenvalue weighted by molar-refractivity contribution is 0.312.